The second kappa shape index (κ2) is 7.40. The Morgan fingerprint density at radius 1 is 1.27 bits per heavy atom. The number of ether oxygens (including phenoxy) is 1. The van der Waals surface area contributed by atoms with E-state index in [2.05, 4.69) is 15.6 Å². The number of aromatic nitrogens is 1. The summed E-state index contributed by atoms with van der Waals surface area (Å²) in [5.74, 6) is -0.496. The SMILES string of the molecule is COc1ccc(CNc2sc3cc(NC(C)=O)cnc3c2C(=O)O)cc1. The number of hydrogen-bond donors (Lipinski definition) is 3. The Morgan fingerprint density at radius 3 is 2.62 bits per heavy atom. The summed E-state index contributed by atoms with van der Waals surface area (Å²) in [5, 5.41) is 15.9. The van der Waals surface area contributed by atoms with Crippen molar-refractivity contribution in [2.24, 2.45) is 0 Å². The molecule has 0 saturated carbocycles. The van der Waals surface area contributed by atoms with Crippen LogP contribution in [0.15, 0.2) is 36.5 Å². The summed E-state index contributed by atoms with van der Waals surface area (Å²) >= 11 is 1.29. The van der Waals surface area contributed by atoms with Gasteiger partial charge in [-0.25, -0.2) is 4.79 Å². The van der Waals surface area contributed by atoms with Gasteiger partial charge >= 0.3 is 5.97 Å². The van der Waals surface area contributed by atoms with Crippen LogP contribution in [0.25, 0.3) is 10.2 Å². The van der Waals surface area contributed by atoms with Crippen LogP contribution in [0.1, 0.15) is 22.8 Å². The maximum absolute atomic E-state index is 11.7. The molecule has 8 heteroatoms. The van der Waals surface area contributed by atoms with Gasteiger partial charge < -0.3 is 20.5 Å². The molecule has 1 aromatic carbocycles. The highest BCUT2D eigenvalue weighted by Crippen LogP contribution is 2.36. The zero-order valence-electron chi connectivity index (χ0n) is 14.2. The Morgan fingerprint density at radius 2 is 2.00 bits per heavy atom. The van der Waals surface area contributed by atoms with Crippen LogP contribution < -0.4 is 15.4 Å². The molecule has 2 aromatic heterocycles. The highest BCUT2D eigenvalue weighted by Gasteiger charge is 2.20. The quantitative estimate of drug-likeness (QED) is 0.612. The predicted molar refractivity (Wildman–Crippen MR) is 101 cm³/mol. The first kappa shape index (κ1) is 17.7. The van der Waals surface area contributed by atoms with E-state index in [4.69, 9.17) is 4.74 Å². The van der Waals surface area contributed by atoms with Crippen molar-refractivity contribution in [3.05, 3.63) is 47.7 Å². The minimum Gasteiger partial charge on any atom is -0.497 e. The smallest absolute Gasteiger partial charge is 0.340 e. The van der Waals surface area contributed by atoms with Crippen molar-refractivity contribution in [2.75, 3.05) is 17.7 Å². The normalized spacial score (nSPS) is 10.5. The van der Waals surface area contributed by atoms with Crippen LogP contribution in [0.5, 0.6) is 5.75 Å². The van der Waals surface area contributed by atoms with Crippen LogP contribution in [-0.2, 0) is 11.3 Å². The molecule has 0 aliphatic rings. The van der Waals surface area contributed by atoms with Crippen molar-refractivity contribution in [3.63, 3.8) is 0 Å². The number of fused-ring (bicyclic) bond motifs is 1. The highest BCUT2D eigenvalue weighted by molar-refractivity contribution is 7.23. The summed E-state index contributed by atoms with van der Waals surface area (Å²) in [6.07, 6.45) is 1.45. The van der Waals surface area contributed by atoms with E-state index in [0.717, 1.165) is 11.3 Å². The number of nitrogens with one attached hydrogen (secondary N) is 2. The number of aromatic carboxylic acids is 1. The molecule has 0 bridgehead atoms. The Labute approximate surface area is 153 Å². The lowest BCUT2D eigenvalue weighted by Crippen LogP contribution is -2.06. The number of benzene rings is 1. The maximum Gasteiger partial charge on any atom is 0.340 e. The number of nitrogens with zero attached hydrogens (tertiary/aromatic N) is 1. The molecule has 0 radical (unpaired) electrons. The maximum atomic E-state index is 11.7. The molecule has 0 aliphatic heterocycles. The van der Waals surface area contributed by atoms with Gasteiger partial charge in [0.05, 0.1) is 29.2 Å². The second-order valence-electron chi connectivity index (χ2n) is 5.56. The van der Waals surface area contributed by atoms with Crippen LogP contribution >= 0.6 is 11.3 Å². The number of carboxylic acid groups (broad SMARTS) is 1. The van der Waals surface area contributed by atoms with Gasteiger partial charge in [0, 0.05) is 13.5 Å². The number of pyridine rings is 1. The number of rotatable bonds is 6. The van der Waals surface area contributed by atoms with Gasteiger partial charge in [-0.15, -0.1) is 11.3 Å². The third-order valence-electron chi connectivity index (χ3n) is 3.67. The van der Waals surface area contributed by atoms with Crippen molar-refractivity contribution in [1.29, 1.82) is 0 Å². The molecule has 3 rings (SSSR count). The first-order valence-electron chi connectivity index (χ1n) is 7.78. The average molecular weight is 371 g/mol. The molecule has 7 nitrogen and oxygen atoms in total. The molecular formula is C18H17N3O4S. The number of amides is 1. The van der Waals surface area contributed by atoms with E-state index in [-0.39, 0.29) is 11.5 Å². The number of carbonyl (C=O) groups excluding carboxylic acids is 1. The first-order chi connectivity index (χ1) is 12.5. The van der Waals surface area contributed by atoms with Gasteiger partial charge in [-0.3, -0.25) is 9.78 Å². The third-order valence-corrected chi connectivity index (χ3v) is 4.76. The van der Waals surface area contributed by atoms with Gasteiger partial charge in [0.25, 0.3) is 0 Å². The van der Waals surface area contributed by atoms with Gasteiger partial charge in [-0.2, -0.15) is 0 Å². The number of anilines is 2. The summed E-state index contributed by atoms with van der Waals surface area (Å²) in [5.41, 5.74) is 2.05. The van der Waals surface area contributed by atoms with Gasteiger partial charge in [0.15, 0.2) is 0 Å². The van der Waals surface area contributed by atoms with E-state index in [1.807, 2.05) is 24.3 Å². The van der Waals surface area contributed by atoms with Gasteiger partial charge in [-0.05, 0) is 23.8 Å². The Kier molecular flexibility index (Phi) is 5.04. The molecule has 0 atom stereocenters. The van der Waals surface area contributed by atoms with Crippen molar-refractivity contribution in [2.45, 2.75) is 13.5 Å². The molecule has 26 heavy (non-hydrogen) atoms. The Bertz CT molecular complexity index is 966. The molecule has 1 amide bonds. The van der Waals surface area contributed by atoms with Crippen molar-refractivity contribution >= 4 is 44.1 Å². The molecule has 2 heterocycles. The molecule has 3 aromatic rings. The van der Waals surface area contributed by atoms with Crippen molar-refractivity contribution in [1.82, 2.24) is 4.98 Å². The standard InChI is InChI=1S/C18H17N3O4S/c1-10(22)21-12-7-14-16(19-9-12)15(18(23)24)17(26-14)20-8-11-3-5-13(25-2)6-4-11/h3-7,9,20H,8H2,1-2H3,(H,21,22)(H,23,24). The minimum atomic E-state index is -1.05. The summed E-state index contributed by atoms with van der Waals surface area (Å²) in [6.45, 7) is 1.87. The lowest BCUT2D eigenvalue weighted by Gasteiger charge is -2.06. The summed E-state index contributed by atoms with van der Waals surface area (Å²) in [7, 11) is 1.60. The molecule has 0 aliphatic carbocycles. The lowest BCUT2D eigenvalue weighted by atomic mass is 10.2. The third kappa shape index (κ3) is 3.75. The zero-order valence-corrected chi connectivity index (χ0v) is 15.0. The molecule has 0 fully saturated rings. The first-order valence-corrected chi connectivity index (χ1v) is 8.60. The van der Waals surface area contributed by atoms with E-state index >= 15 is 0 Å². The van der Waals surface area contributed by atoms with Crippen LogP contribution in [-0.4, -0.2) is 29.1 Å². The molecular weight excluding hydrogens is 354 g/mol. The van der Waals surface area contributed by atoms with E-state index in [1.165, 1.54) is 24.5 Å². The monoisotopic (exact) mass is 371 g/mol. The number of carbonyl (C=O) groups is 2. The largest absolute Gasteiger partial charge is 0.497 e. The molecule has 3 N–H and O–H groups in total. The topological polar surface area (TPSA) is 101 Å². The molecule has 134 valence electrons. The summed E-state index contributed by atoms with van der Waals surface area (Å²) in [4.78, 5) is 27.1. The zero-order chi connectivity index (χ0) is 18.7. The highest BCUT2D eigenvalue weighted by atomic mass is 32.1. The number of carboxylic acids is 1. The summed E-state index contributed by atoms with van der Waals surface area (Å²) < 4.78 is 5.81. The number of hydrogen-bond acceptors (Lipinski definition) is 6. The van der Waals surface area contributed by atoms with Gasteiger partial charge in [0.1, 0.15) is 16.3 Å². The molecule has 0 saturated heterocycles. The van der Waals surface area contributed by atoms with E-state index in [1.54, 1.807) is 13.2 Å². The van der Waals surface area contributed by atoms with E-state index < -0.39 is 5.97 Å². The predicted octanol–water partition coefficient (Wildman–Crippen LogP) is 3.57. The van der Waals surface area contributed by atoms with Crippen molar-refractivity contribution < 1.29 is 19.4 Å². The summed E-state index contributed by atoms with van der Waals surface area (Å²) in [6, 6.07) is 9.24. The van der Waals surface area contributed by atoms with Crippen LogP contribution in [0.4, 0.5) is 10.7 Å². The molecule has 0 spiro atoms. The van der Waals surface area contributed by atoms with Crippen LogP contribution in [0.3, 0.4) is 0 Å². The fraction of sp³-hybridized carbons (Fsp3) is 0.167. The number of methoxy groups -OCH3 is 1. The second-order valence-corrected chi connectivity index (χ2v) is 6.62. The van der Waals surface area contributed by atoms with Gasteiger partial charge in [-0.1, -0.05) is 12.1 Å². The Balaban J connectivity index is 1.89. The fourth-order valence-electron chi connectivity index (χ4n) is 2.50. The van der Waals surface area contributed by atoms with Crippen LogP contribution in [0, 0.1) is 0 Å². The van der Waals surface area contributed by atoms with Gasteiger partial charge in [0.2, 0.25) is 5.91 Å². The van der Waals surface area contributed by atoms with E-state index in [9.17, 15) is 14.7 Å². The lowest BCUT2D eigenvalue weighted by molar-refractivity contribution is -0.114. The number of thiophene rings is 1. The van der Waals surface area contributed by atoms with Crippen molar-refractivity contribution in [3.8, 4) is 5.75 Å². The average Bonchev–Trinajstić information content (AvgIpc) is 2.97. The van der Waals surface area contributed by atoms with E-state index in [0.29, 0.717) is 27.4 Å². The minimum absolute atomic E-state index is 0.132. The Hall–Kier alpha value is -3.13. The molecule has 0 unspecified atom stereocenters. The van der Waals surface area contributed by atoms with Crippen LogP contribution in [0.2, 0.25) is 0 Å². The fourth-order valence-corrected chi connectivity index (χ4v) is 3.59.